The van der Waals surface area contributed by atoms with Crippen LogP contribution >= 0.6 is 11.3 Å². The normalized spacial score (nSPS) is 15.6. The second-order valence-electron chi connectivity index (χ2n) is 6.91. The summed E-state index contributed by atoms with van der Waals surface area (Å²) in [5.41, 5.74) is 2.12. The van der Waals surface area contributed by atoms with Crippen molar-refractivity contribution in [1.29, 1.82) is 0 Å². The van der Waals surface area contributed by atoms with Gasteiger partial charge in [0.1, 0.15) is 11.3 Å². The van der Waals surface area contributed by atoms with Crippen molar-refractivity contribution in [2.75, 3.05) is 45.2 Å². The highest BCUT2D eigenvalue weighted by atomic mass is 32.1. The molecule has 1 saturated heterocycles. The molecule has 0 atom stereocenters. The average Bonchev–Trinajstić information content (AvgIpc) is 3.12. The number of carbonyl (C=O) groups is 1. The predicted molar refractivity (Wildman–Crippen MR) is 113 cm³/mol. The Morgan fingerprint density at radius 1 is 1.07 bits per heavy atom. The number of methoxy groups -OCH3 is 1. The Labute approximate surface area is 168 Å². The standard InChI is InChI=1S/C21H24N4O2S/c1-27-17-8-5-9-18-20(17)23-21(28-18)22-19(26)15-25-12-10-24(11-13-25)14-16-6-3-2-4-7-16/h2-9H,10-15H2,1H3,(H,22,23,26). The smallest absolute Gasteiger partial charge is 0.240 e. The summed E-state index contributed by atoms with van der Waals surface area (Å²) in [7, 11) is 1.63. The molecule has 0 radical (unpaired) electrons. The van der Waals surface area contributed by atoms with Crippen LogP contribution in [0.3, 0.4) is 0 Å². The summed E-state index contributed by atoms with van der Waals surface area (Å²) in [6.07, 6.45) is 0. The van der Waals surface area contributed by atoms with Crippen molar-refractivity contribution in [3.05, 3.63) is 54.1 Å². The molecular weight excluding hydrogens is 372 g/mol. The molecular formula is C21H24N4O2S. The van der Waals surface area contributed by atoms with Gasteiger partial charge in [0.25, 0.3) is 0 Å². The Balaban J connectivity index is 1.28. The lowest BCUT2D eigenvalue weighted by atomic mass is 10.2. The molecule has 3 aromatic rings. The number of anilines is 1. The van der Waals surface area contributed by atoms with Gasteiger partial charge in [-0.3, -0.25) is 14.6 Å². The zero-order chi connectivity index (χ0) is 19.3. The van der Waals surface area contributed by atoms with Crippen LogP contribution < -0.4 is 10.1 Å². The van der Waals surface area contributed by atoms with Gasteiger partial charge in [0.15, 0.2) is 5.13 Å². The number of benzene rings is 2. The van der Waals surface area contributed by atoms with Crippen molar-refractivity contribution in [2.24, 2.45) is 0 Å². The molecule has 1 fully saturated rings. The maximum atomic E-state index is 12.5. The molecule has 0 bridgehead atoms. The van der Waals surface area contributed by atoms with E-state index in [4.69, 9.17) is 4.74 Å². The summed E-state index contributed by atoms with van der Waals surface area (Å²) in [6.45, 7) is 5.10. The molecule has 1 N–H and O–H groups in total. The van der Waals surface area contributed by atoms with E-state index in [1.807, 2.05) is 24.3 Å². The summed E-state index contributed by atoms with van der Waals surface area (Å²) in [5, 5.41) is 3.56. The molecule has 0 aliphatic carbocycles. The van der Waals surface area contributed by atoms with Gasteiger partial charge in [0, 0.05) is 32.7 Å². The Morgan fingerprint density at radius 3 is 2.57 bits per heavy atom. The third-order valence-electron chi connectivity index (χ3n) is 4.93. The van der Waals surface area contributed by atoms with Crippen LogP contribution in [0, 0.1) is 0 Å². The molecule has 7 heteroatoms. The first kappa shape index (κ1) is 18.9. The number of fused-ring (bicyclic) bond motifs is 1. The molecule has 1 aliphatic heterocycles. The number of thiazole rings is 1. The summed E-state index contributed by atoms with van der Waals surface area (Å²) in [5.74, 6) is 0.707. The SMILES string of the molecule is COc1cccc2sc(NC(=O)CN3CCN(Cc4ccccc4)CC3)nc12. The van der Waals surface area contributed by atoms with Gasteiger partial charge in [-0.2, -0.15) is 0 Å². The van der Waals surface area contributed by atoms with Crippen LogP contribution in [0.4, 0.5) is 5.13 Å². The van der Waals surface area contributed by atoms with E-state index in [0.29, 0.717) is 11.7 Å². The van der Waals surface area contributed by atoms with Crippen molar-refractivity contribution in [2.45, 2.75) is 6.54 Å². The van der Waals surface area contributed by atoms with Gasteiger partial charge < -0.3 is 10.1 Å². The number of hydrogen-bond acceptors (Lipinski definition) is 6. The number of nitrogens with one attached hydrogen (secondary N) is 1. The average molecular weight is 397 g/mol. The summed E-state index contributed by atoms with van der Waals surface area (Å²) < 4.78 is 6.34. The van der Waals surface area contributed by atoms with E-state index in [9.17, 15) is 4.79 Å². The molecule has 146 valence electrons. The second kappa shape index (κ2) is 8.68. The molecule has 2 heterocycles. The molecule has 2 aromatic carbocycles. The lowest BCUT2D eigenvalue weighted by Crippen LogP contribution is -2.48. The van der Waals surface area contributed by atoms with Crippen LogP contribution in [-0.4, -0.2) is 60.5 Å². The summed E-state index contributed by atoms with van der Waals surface area (Å²) in [6, 6.07) is 16.3. The lowest BCUT2D eigenvalue weighted by Gasteiger charge is -2.34. The number of amides is 1. The molecule has 28 heavy (non-hydrogen) atoms. The predicted octanol–water partition coefficient (Wildman–Crippen LogP) is 3.06. The Morgan fingerprint density at radius 2 is 1.82 bits per heavy atom. The zero-order valence-corrected chi connectivity index (χ0v) is 16.7. The molecule has 1 aliphatic rings. The van der Waals surface area contributed by atoms with Crippen molar-refractivity contribution < 1.29 is 9.53 Å². The van der Waals surface area contributed by atoms with Crippen LogP contribution in [0.15, 0.2) is 48.5 Å². The van der Waals surface area contributed by atoms with E-state index in [1.54, 1.807) is 7.11 Å². The Kier molecular flexibility index (Phi) is 5.85. The van der Waals surface area contributed by atoms with Crippen LogP contribution in [0.1, 0.15) is 5.56 Å². The van der Waals surface area contributed by atoms with E-state index in [2.05, 4.69) is 44.4 Å². The molecule has 4 rings (SSSR count). The Bertz CT molecular complexity index is 936. The molecule has 1 aromatic heterocycles. The first-order valence-corrected chi connectivity index (χ1v) is 10.2. The molecule has 0 saturated carbocycles. The highest BCUT2D eigenvalue weighted by Crippen LogP contribution is 2.32. The molecule has 1 amide bonds. The highest BCUT2D eigenvalue weighted by molar-refractivity contribution is 7.22. The second-order valence-corrected chi connectivity index (χ2v) is 7.94. The Hall–Kier alpha value is -2.48. The van der Waals surface area contributed by atoms with Gasteiger partial charge in [-0.05, 0) is 17.7 Å². The summed E-state index contributed by atoms with van der Waals surface area (Å²) >= 11 is 1.47. The van der Waals surface area contributed by atoms with Gasteiger partial charge in [0.2, 0.25) is 5.91 Å². The molecule has 6 nitrogen and oxygen atoms in total. The number of carbonyl (C=O) groups excluding carboxylic acids is 1. The van der Waals surface area contributed by atoms with Crippen molar-refractivity contribution in [1.82, 2.24) is 14.8 Å². The van der Waals surface area contributed by atoms with Crippen molar-refractivity contribution >= 4 is 32.6 Å². The van der Waals surface area contributed by atoms with Crippen LogP contribution in [0.5, 0.6) is 5.75 Å². The number of aromatic nitrogens is 1. The van der Waals surface area contributed by atoms with Crippen molar-refractivity contribution in [3.63, 3.8) is 0 Å². The van der Waals surface area contributed by atoms with Crippen LogP contribution in [0.25, 0.3) is 10.2 Å². The van der Waals surface area contributed by atoms with E-state index < -0.39 is 0 Å². The molecule has 0 unspecified atom stereocenters. The fourth-order valence-electron chi connectivity index (χ4n) is 3.45. The number of ether oxygens (including phenoxy) is 1. The zero-order valence-electron chi connectivity index (χ0n) is 15.9. The number of nitrogens with zero attached hydrogens (tertiary/aromatic N) is 3. The first-order chi connectivity index (χ1) is 13.7. The van der Waals surface area contributed by atoms with Gasteiger partial charge >= 0.3 is 0 Å². The number of piperazine rings is 1. The fourth-order valence-corrected chi connectivity index (χ4v) is 4.35. The van der Waals surface area contributed by atoms with Gasteiger partial charge in [-0.25, -0.2) is 4.98 Å². The minimum atomic E-state index is -0.0190. The highest BCUT2D eigenvalue weighted by Gasteiger charge is 2.20. The number of rotatable bonds is 6. The minimum Gasteiger partial charge on any atom is -0.494 e. The largest absolute Gasteiger partial charge is 0.494 e. The van der Waals surface area contributed by atoms with E-state index in [-0.39, 0.29) is 5.91 Å². The lowest BCUT2D eigenvalue weighted by molar-refractivity contribution is -0.117. The van der Waals surface area contributed by atoms with Crippen LogP contribution in [-0.2, 0) is 11.3 Å². The quantitative estimate of drug-likeness (QED) is 0.694. The van der Waals surface area contributed by atoms with E-state index in [0.717, 1.165) is 48.7 Å². The van der Waals surface area contributed by atoms with E-state index >= 15 is 0 Å². The number of para-hydroxylation sites is 1. The fraction of sp³-hybridized carbons (Fsp3) is 0.333. The topological polar surface area (TPSA) is 57.7 Å². The number of hydrogen-bond donors (Lipinski definition) is 1. The monoisotopic (exact) mass is 396 g/mol. The summed E-state index contributed by atoms with van der Waals surface area (Å²) in [4.78, 5) is 21.6. The van der Waals surface area contributed by atoms with Gasteiger partial charge in [-0.1, -0.05) is 47.7 Å². The maximum Gasteiger partial charge on any atom is 0.240 e. The maximum absolute atomic E-state index is 12.5. The molecule has 0 spiro atoms. The third-order valence-corrected chi connectivity index (χ3v) is 5.87. The van der Waals surface area contributed by atoms with Gasteiger partial charge in [0.05, 0.1) is 18.4 Å². The van der Waals surface area contributed by atoms with Crippen LogP contribution in [0.2, 0.25) is 0 Å². The van der Waals surface area contributed by atoms with Gasteiger partial charge in [-0.15, -0.1) is 0 Å². The van der Waals surface area contributed by atoms with E-state index in [1.165, 1.54) is 16.9 Å². The van der Waals surface area contributed by atoms with Crippen molar-refractivity contribution in [3.8, 4) is 5.75 Å². The minimum absolute atomic E-state index is 0.0190. The first-order valence-electron chi connectivity index (χ1n) is 9.43. The third kappa shape index (κ3) is 4.49.